The molecule has 7 rings (SSSR count). The summed E-state index contributed by atoms with van der Waals surface area (Å²) in [7, 11) is 0. The summed E-state index contributed by atoms with van der Waals surface area (Å²) in [6.45, 7) is 0. The molecule has 0 saturated carbocycles. The maximum Gasteiger partial charge on any atom is 0.132 e. The summed E-state index contributed by atoms with van der Waals surface area (Å²) in [5.41, 5.74) is 3.96. The van der Waals surface area contributed by atoms with Gasteiger partial charge >= 0.3 is 0 Å². The quantitative estimate of drug-likeness (QED) is 0.175. The van der Waals surface area contributed by atoms with Crippen LogP contribution in [0.4, 0.5) is 13.2 Å². The third-order valence-corrected chi connectivity index (χ3v) is 11.0. The van der Waals surface area contributed by atoms with Crippen molar-refractivity contribution in [1.82, 2.24) is 0 Å². The van der Waals surface area contributed by atoms with E-state index in [0.29, 0.717) is 16.7 Å². The lowest BCUT2D eigenvalue weighted by molar-refractivity contribution is 0.632. The molecule has 0 aliphatic rings. The zero-order valence-corrected chi connectivity index (χ0v) is 24.5. The molecule has 7 aromatic rings. The molecule has 7 heteroatoms. The Morgan fingerprint density at radius 2 is 0.756 bits per heavy atom. The molecule has 4 heterocycles. The third kappa shape index (κ3) is 5.11. The minimum Gasteiger partial charge on any atom is -0.206 e. The molecule has 0 atom stereocenters. The fourth-order valence-corrected chi connectivity index (χ4v) is 8.29. The van der Waals surface area contributed by atoms with Crippen LogP contribution in [0.5, 0.6) is 0 Å². The van der Waals surface area contributed by atoms with Crippen molar-refractivity contribution in [2.45, 2.75) is 0 Å². The Balaban J connectivity index is 1.12. The normalized spacial score (nSPS) is 11.3. The van der Waals surface area contributed by atoms with Gasteiger partial charge in [-0.25, -0.2) is 13.2 Å². The second kappa shape index (κ2) is 10.9. The van der Waals surface area contributed by atoms with E-state index < -0.39 is 0 Å². The summed E-state index contributed by atoms with van der Waals surface area (Å²) in [4.78, 5) is 5.20. The highest BCUT2D eigenvalue weighted by Gasteiger charge is 2.15. The highest BCUT2D eigenvalue weighted by atomic mass is 32.1. The lowest BCUT2D eigenvalue weighted by atomic mass is 10.1. The molecule has 0 fully saturated rings. The number of rotatable bonds is 6. The van der Waals surface area contributed by atoms with Gasteiger partial charge in [0.15, 0.2) is 0 Å². The summed E-state index contributed by atoms with van der Waals surface area (Å²) in [6, 6.07) is 31.0. The summed E-state index contributed by atoms with van der Waals surface area (Å²) in [5.74, 6) is -0.888. The number of benzene rings is 3. The van der Waals surface area contributed by atoms with Crippen LogP contribution in [0.25, 0.3) is 62.6 Å². The maximum atomic E-state index is 15.4. The van der Waals surface area contributed by atoms with E-state index in [1.165, 1.54) is 46.1 Å². The van der Waals surface area contributed by atoms with Crippen molar-refractivity contribution in [3.8, 4) is 62.6 Å². The predicted molar refractivity (Wildman–Crippen MR) is 170 cm³/mol. The third-order valence-electron chi connectivity index (χ3n) is 6.81. The lowest BCUT2D eigenvalue weighted by Gasteiger charge is -2.05. The first-order valence-corrected chi connectivity index (χ1v) is 16.1. The molecule has 3 aromatic carbocycles. The number of thiophene rings is 4. The van der Waals surface area contributed by atoms with E-state index in [0.717, 1.165) is 46.0 Å². The Kier molecular flexibility index (Phi) is 6.96. The van der Waals surface area contributed by atoms with Gasteiger partial charge in [0.05, 0.1) is 0 Å². The Bertz CT molecular complexity index is 1980. The van der Waals surface area contributed by atoms with Gasteiger partial charge in [0, 0.05) is 46.0 Å². The van der Waals surface area contributed by atoms with Crippen LogP contribution in [0.15, 0.2) is 114 Å². The lowest BCUT2D eigenvalue weighted by Crippen LogP contribution is -1.83. The molecule has 0 bridgehead atoms. The molecule has 0 spiro atoms. The van der Waals surface area contributed by atoms with Crippen LogP contribution in [0.1, 0.15) is 0 Å². The molecule has 0 amide bonds. The van der Waals surface area contributed by atoms with Crippen molar-refractivity contribution in [2.24, 2.45) is 0 Å². The Morgan fingerprint density at radius 3 is 1.17 bits per heavy atom. The van der Waals surface area contributed by atoms with Gasteiger partial charge in [-0.3, -0.25) is 0 Å². The number of halogens is 3. The smallest absolute Gasteiger partial charge is 0.132 e. The first-order chi connectivity index (χ1) is 20.0. The van der Waals surface area contributed by atoms with Gasteiger partial charge in [0.2, 0.25) is 0 Å². The Hall–Kier alpha value is -3.75. The molecule has 41 heavy (non-hydrogen) atoms. The second-order valence-electron chi connectivity index (χ2n) is 9.37. The van der Waals surface area contributed by atoms with E-state index in [-0.39, 0.29) is 17.5 Å². The van der Waals surface area contributed by atoms with Gasteiger partial charge in [-0.1, -0.05) is 30.3 Å². The zero-order chi connectivity index (χ0) is 27.9. The van der Waals surface area contributed by atoms with Crippen molar-refractivity contribution >= 4 is 45.3 Å². The zero-order valence-electron chi connectivity index (χ0n) is 21.2. The molecule has 0 radical (unpaired) electrons. The van der Waals surface area contributed by atoms with Crippen molar-refractivity contribution in [3.63, 3.8) is 0 Å². The molecule has 0 aliphatic heterocycles. The van der Waals surface area contributed by atoms with Crippen molar-refractivity contribution in [2.75, 3.05) is 0 Å². The van der Waals surface area contributed by atoms with Crippen LogP contribution in [0.3, 0.4) is 0 Å². The van der Waals surface area contributed by atoms with Gasteiger partial charge < -0.3 is 0 Å². The molecule has 0 saturated heterocycles. The first-order valence-electron chi connectivity index (χ1n) is 12.7. The molecule has 0 N–H and O–H groups in total. The van der Waals surface area contributed by atoms with Crippen molar-refractivity contribution in [1.29, 1.82) is 0 Å². The van der Waals surface area contributed by atoms with Gasteiger partial charge in [0.1, 0.15) is 17.5 Å². The largest absolute Gasteiger partial charge is 0.206 e. The molecular weight excluding hydrogens is 594 g/mol. The monoisotopic (exact) mass is 612 g/mol. The summed E-state index contributed by atoms with van der Waals surface area (Å²) >= 11 is 5.94. The van der Waals surface area contributed by atoms with Gasteiger partial charge in [-0.05, 0) is 100 Å². The van der Waals surface area contributed by atoms with Crippen LogP contribution in [0, 0.1) is 17.5 Å². The molecule has 4 aromatic heterocycles. The number of hydrogen-bond acceptors (Lipinski definition) is 4. The van der Waals surface area contributed by atoms with E-state index in [1.54, 1.807) is 35.6 Å². The molecular formula is C34H19F3S4. The highest BCUT2D eigenvalue weighted by molar-refractivity contribution is 7.19. The van der Waals surface area contributed by atoms with Gasteiger partial charge in [0.25, 0.3) is 0 Å². The van der Waals surface area contributed by atoms with Crippen molar-refractivity contribution in [3.05, 3.63) is 131 Å². The number of hydrogen-bond donors (Lipinski definition) is 0. The predicted octanol–water partition coefficient (Wildman–Crippen LogP) is 12.4. The van der Waals surface area contributed by atoms with Gasteiger partial charge in [-0.2, -0.15) is 0 Å². The standard InChI is InChI=1S/C34H19F3S4/c35-26-18-21(6-8-23(26)32-4-2-16-39-32)30-11-14-34(40-30)25-10-7-22(19-28(25)37)31-12-13-33(41-31)24-9-5-20(17-27(24)36)29-3-1-15-38-29/h1-19H. The van der Waals surface area contributed by atoms with Crippen molar-refractivity contribution < 1.29 is 13.2 Å². The SMILES string of the molecule is Fc1cc(-c2ccc(-c3ccc(-c4ccc(-c5ccc(-c6cccs6)cc5F)s4)cc3F)s2)ccc1-c1cccs1. The maximum absolute atomic E-state index is 15.4. The topological polar surface area (TPSA) is 0 Å². The first kappa shape index (κ1) is 26.2. The van der Waals surface area contributed by atoms with Gasteiger partial charge in [-0.15, -0.1) is 45.3 Å². The molecule has 0 aliphatic carbocycles. The summed E-state index contributed by atoms with van der Waals surface area (Å²) < 4.78 is 45.2. The second-order valence-corrected chi connectivity index (χ2v) is 13.4. The average Bonchev–Trinajstić information content (AvgIpc) is 3.81. The van der Waals surface area contributed by atoms with Crippen LogP contribution in [-0.2, 0) is 0 Å². The Labute approximate surface area is 251 Å². The van der Waals surface area contributed by atoms with Crippen LogP contribution in [0.2, 0.25) is 0 Å². The fourth-order valence-electron chi connectivity index (χ4n) is 4.75. The van der Waals surface area contributed by atoms with Crippen LogP contribution in [-0.4, -0.2) is 0 Å². The van der Waals surface area contributed by atoms with E-state index in [1.807, 2.05) is 77.5 Å². The van der Waals surface area contributed by atoms with E-state index in [2.05, 4.69) is 0 Å². The van der Waals surface area contributed by atoms with E-state index in [9.17, 15) is 4.39 Å². The van der Waals surface area contributed by atoms with E-state index >= 15 is 8.78 Å². The molecule has 200 valence electrons. The Morgan fingerprint density at radius 1 is 0.366 bits per heavy atom. The minimum atomic E-state index is -0.337. The van der Waals surface area contributed by atoms with Crippen LogP contribution < -0.4 is 0 Å². The average molecular weight is 613 g/mol. The fraction of sp³-hybridized carbons (Fsp3) is 0. The minimum absolute atomic E-state index is 0.274. The summed E-state index contributed by atoms with van der Waals surface area (Å²) in [5, 5.41) is 3.90. The van der Waals surface area contributed by atoms with E-state index in [4.69, 9.17) is 0 Å². The summed E-state index contributed by atoms with van der Waals surface area (Å²) in [6.07, 6.45) is 0. The molecule has 0 nitrogen and oxygen atoms in total. The molecule has 0 unspecified atom stereocenters. The van der Waals surface area contributed by atoms with Crippen LogP contribution >= 0.6 is 45.3 Å². The highest BCUT2D eigenvalue weighted by Crippen LogP contribution is 2.41.